The Kier molecular flexibility index (Phi) is 5.61. The number of anilines is 1. The highest BCUT2D eigenvalue weighted by atomic mass is 35.5. The van der Waals surface area contributed by atoms with Gasteiger partial charge in [-0.15, -0.1) is 0 Å². The molecule has 0 unspecified atom stereocenters. The number of alkyl halides is 2. The van der Waals surface area contributed by atoms with E-state index < -0.39 is 27.8 Å². The van der Waals surface area contributed by atoms with Crippen LogP contribution in [-0.4, -0.2) is 50.6 Å². The molecule has 2 aliphatic rings. The molecule has 1 saturated heterocycles. The zero-order valence-electron chi connectivity index (χ0n) is 15.5. The van der Waals surface area contributed by atoms with E-state index in [1.54, 1.807) is 0 Å². The molecule has 1 spiro atoms. The summed E-state index contributed by atoms with van der Waals surface area (Å²) in [7, 11) is -3.22. The van der Waals surface area contributed by atoms with Crippen molar-refractivity contribution in [3.63, 3.8) is 0 Å². The van der Waals surface area contributed by atoms with Crippen LogP contribution in [0.25, 0.3) is 0 Å². The number of benzene rings is 1. The van der Waals surface area contributed by atoms with Crippen molar-refractivity contribution in [1.82, 2.24) is 4.98 Å². The molecule has 2 aromatic rings. The van der Waals surface area contributed by atoms with Gasteiger partial charge in [0, 0.05) is 12.4 Å². The fourth-order valence-electron chi connectivity index (χ4n) is 3.45. The largest absolute Gasteiger partial charge is 0.488 e. The highest BCUT2D eigenvalue weighted by Gasteiger charge is 2.51. The Hall–Kier alpha value is -2.37. The van der Waals surface area contributed by atoms with Gasteiger partial charge in [0.15, 0.2) is 21.3 Å². The van der Waals surface area contributed by atoms with Gasteiger partial charge in [-0.3, -0.25) is 9.78 Å². The van der Waals surface area contributed by atoms with E-state index in [4.69, 9.17) is 32.7 Å². The second kappa shape index (κ2) is 7.95. The number of sulfone groups is 1. The van der Waals surface area contributed by atoms with Crippen LogP contribution in [0, 0.1) is 5.41 Å². The molecule has 31 heavy (non-hydrogen) atoms. The van der Waals surface area contributed by atoms with E-state index >= 15 is 0 Å². The highest BCUT2D eigenvalue weighted by molar-refractivity contribution is 7.92. The van der Waals surface area contributed by atoms with E-state index in [9.17, 15) is 22.0 Å². The van der Waals surface area contributed by atoms with Crippen molar-refractivity contribution in [2.45, 2.75) is 6.61 Å². The molecule has 4 rings (SSSR count). The molecule has 0 saturated carbocycles. The smallest absolute Gasteiger partial charge is 0.387 e. The first-order valence-corrected chi connectivity index (χ1v) is 11.4. The summed E-state index contributed by atoms with van der Waals surface area (Å²) in [5.74, 6) is -1.79. The van der Waals surface area contributed by atoms with E-state index in [0.717, 1.165) is 6.07 Å². The summed E-state index contributed by atoms with van der Waals surface area (Å²) in [6.45, 7) is -3.34. The van der Waals surface area contributed by atoms with Gasteiger partial charge in [0.25, 0.3) is 5.91 Å². The van der Waals surface area contributed by atoms with Crippen molar-refractivity contribution in [1.29, 1.82) is 0 Å². The number of carbonyl (C=O) groups excluding carboxylic acids is 1. The fourth-order valence-corrected chi connectivity index (χ4v) is 6.03. The van der Waals surface area contributed by atoms with Gasteiger partial charge in [-0.25, -0.2) is 8.42 Å². The molecule has 2 aliphatic heterocycles. The number of amides is 1. The van der Waals surface area contributed by atoms with Crippen LogP contribution in [-0.2, 0) is 9.84 Å². The van der Waals surface area contributed by atoms with E-state index in [0.29, 0.717) is 0 Å². The number of hydrogen-bond donors (Lipinski definition) is 1. The first kappa shape index (κ1) is 21.8. The molecule has 0 radical (unpaired) electrons. The number of hydrogen-bond acceptors (Lipinski definition) is 7. The lowest BCUT2D eigenvalue weighted by atomic mass is 9.94. The molecular formula is C18H14Cl2F2N2O6S. The van der Waals surface area contributed by atoms with Crippen LogP contribution < -0.4 is 19.5 Å². The Bertz CT molecular complexity index is 1130. The van der Waals surface area contributed by atoms with Crippen LogP contribution in [0.2, 0.25) is 10.0 Å². The molecular weight excluding hydrogens is 481 g/mol. The zero-order valence-corrected chi connectivity index (χ0v) is 17.9. The Morgan fingerprint density at radius 1 is 1.13 bits per heavy atom. The minimum Gasteiger partial charge on any atom is -0.488 e. The lowest BCUT2D eigenvalue weighted by molar-refractivity contribution is -0.0516. The number of fused-ring (bicyclic) bond motifs is 1. The van der Waals surface area contributed by atoms with Crippen molar-refractivity contribution in [2.75, 3.05) is 30.0 Å². The number of aromatic nitrogens is 1. The third-order valence-corrected chi connectivity index (χ3v) is 7.40. The lowest BCUT2D eigenvalue weighted by Crippen LogP contribution is -2.55. The summed E-state index contributed by atoms with van der Waals surface area (Å²) < 4.78 is 64.9. The number of halogens is 4. The minimum atomic E-state index is -3.22. The van der Waals surface area contributed by atoms with Crippen LogP contribution in [0.5, 0.6) is 17.2 Å². The van der Waals surface area contributed by atoms with Crippen molar-refractivity contribution in [3.8, 4) is 17.2 Å². The molecule has 1 fully saturated rings. The predicted molar refractivity (Wildman–Crippen MR) is 107 cm³/mol. The number of nitrogens with zero attached hydrogens (tertiary/aromatic N) is 1. The Balaban J connectivity index is 1.69. The van der Waals surface area contributed by atoms with Gasteiger partial charge >= 0.3 is 6.61 Å². The zero-order chi connectivity index (χ0) is 22.4. The summed E-state index contributed by atoms with van der Waals surface area (Å²) in [5.41, 5.74) is -0.813. The van der Waals surface area contributed by atoms with Gasteiger partial charge < -0.3 is 19.5 Å². The highest BCUT2D eigenvalue weighted by Crippen LogP contribution is 2.47. The molecule has 0 atom stereocenters. The third kappa shape index (κ3) is 4.35. The van der Waals surface area contributed by atoms with Crippen molar-refractivity contribution in [2.24, 2.45) is 5.41 Å². The molecule has 1 aromatic carbocycles. The Labute approximate surface area is 185 Å². The predicted octanol–water partition coefficient (Wildman–Crippen LogP) is 3.43. The fraction of sp³-hybridized carbons (Fsp3) is 0.333. The Morgan fingerprint density at radius 3 is 2.32 bits per heavy atom. The summed E-state index contributed by atoms with van der Waals surface area (Å²) >= 11 is 12.1. The molecule has 166 valence electrons. The summed E-state index contributed by atoms with van der Waals surface area (Å²) in [5, 5.41) is 2.69. The maximum absolute atomic E-state index is 12.9. The van der Waals surface area contributed by atoms with Crippen LogP contribution >= 0.6 is 23.2 Å². The molecule has 3 heterocycles. The maximum atomic E-state index is 12.9. The monoisotopic (exact) mass is 494 g/mol. The first-order valence-electron chi connectivity index (χ1n) is 8.77. The van der Waals surface area contributed by atoms with E-state index in [2.05, 4.69) is 15.0 Å². The average molecular weight is 495 g/mol. The quantitative estimate of drug-likeness (QED) is 0.693. The van der Waals surface area contributed by atoms with Crippen LogP contribution in [0.3, 0.4) is 0 Å². The normalized spacial score (nSPS) is 18.2. The third-order valence-electron chi connectivity index (χ3n) is 4.73. The topological polar surface area (TPSA) is 104 Å². The van der Waals surface area contributed by atoms with E-state index in [-0.39, 0.29) is 63.3 Å². The second-order valence-corrected chi connectivity index (χ2v) is 10.1. The first-order chi connectivity index (χ1) is 14.6. The molecule has 1 amide bonds. The molecule has 13 heteroatoms. The van der Waals surface area contributed by atoms with E-state index in [1.807, 2.05) is 0 Å². The second-order valence-electron chi connectivity index (χ2n) is 7.19. The molecule has 1 aromatic heterocycles. The van der Waals surface area contributed by atoms with E-state index in [1.165, 1.54) is 18.5 Å². The lowest BCUT2D eigenvalue weighted by Gasteiger charge is -2.38. The van der Waals surface area contributed by atoms with Crippen LogP contribution in [0.1, 0.15) is 10.4 Å². The SMILES string of the molecule is O=C(Nc1c(Cl)cncc1Cl)c1ccc(OC(F)F)c2c1OCC1(CO2)CS(=O)(=O)C1. The molecule has 0 aliphatic carbocycles. The molecule has 1 N–H and O–H groups in total. The Morgan fingerprint density at radius 2 is 1.74 bits per heavy atom. The van der Waals surface area contributed by atoms with Crippen LogP contribution in [0.15, 0.2) is 24.5 Å². The number of ether oxygens (including phenoxy) is 3. The van der Waals surface area contributed by atoms with Gasteiger partial charge in [0.2, 0.25) is 5.75 Å². The number of rotatable bonds is 4. The van der Waals surface area contributed by atoms with Crippen molar-refractivity contribution in [3.05, 3.63) is 40.1 Å². The van der Waals surface area contributed by atoms with Gasteiger partial charge in [0.1, 0.15) is 0 Å². The van der Waals surface area contributed by atoms with Crippen LogP contribution in [0.4, 0.5) is 14.5 Å². The van der Waals surface area contributed by atoms with Gasteiger partial charge in [-0.1, -0.05) is 23.2 Å². The van der Waals surface area contributed by atoms with Crippen molar-refractivity contribution < 1.29 is 36.2 Å². The van der Waals surface area contributed by atoms with Gasteiger partial charge in [-0.05, 0) is 12.1 Å². The number of carbonyl (C=O) groups is 1. The summed E-state index contributed by atoms with van der Waals surface area (Å²) in [4.78, 5) is 16.7. The number of nitrogens with one attached hydrogen (secondary N) is 1. The molecule has 8 nitrogen and oxygen atoms in total. The minimum absolute atomic E-state index is 0.0696. The van der Waals surface area contributed by atoms with Gasteiger partial charge in [0.05, 0.1) is 51.4 Å². The summed E-state index contributed by atoms with van der Waals surface area (Å²) in [6, 6.07) is 2.35. The van der Waals surface area contributed by atoms with Crippen molar-refractivity contribution >= 4 is 44.6 Å². The average Bonchev–Trinajstić information content (AvgIpc) is 2.84. The summed E-state index contributed by atoms with van der Waals surface area (Å²) in [6.07, 6.45) is 2.56. The molecule has 0 bridgehead atoms. The number of pyridine rings is 1. The standard InChI is InChI=1S/C18H14Cl2F2N2O6S/c19-10-3-23-4-11(20)13(10)24-16(25)9-1-2-12(30-17(21)22)15-14(9)28-5-18(6-29-15)7-31(26,27)8-18/h1-4,17H,5-8H2,(H,23,24,25). The maximum Gasteiger partial charge on any atom is 0.387 e. The van der Waals surface area contributed by atoms with Gasteiger partial charge in [-0.2, -0.15) is 8.78 Å².